The highest BCUT2D eigenvalue weighted by Gasteiger charge is 2.20. The van der Waals surface area contributed by atoms with Gasteiger partial charge in [0.2, 0.25) is 0 Å². The molecule has 2 rings (SSSR count). The molecule has 0 aliphatic carbocycles. The number of benzene rings is 1. The van der Waals surface area contributed by atoms with Crippen molar-refractivity contribution in [2.24, 2.45) is 0 Å². The zero-order chi connectivity index (χ0) is 11.8. The third-order valence-electron chi connectivity index (χ3n) is 3.39. The molecule has 0 fully saturated rings. The fraction of sp³-hybridized carbons (Fsp3) is 0.571. The van der Waals surface area contributed by atoms with Crippen LogP contribution in [0.15, 0.2) is 12.1 Å². The van der Waals surface area contributed by atoms with Gasteiger partial charge in [0.25, 0.3) is 0 Å². The van der Waals surface area contributed by atoms with E-state index in [9.17, 15) is 5.11 Å². The molecule has 16 heavy (non-hydrogen) atoms. The zero-order valence-corrected chi connectivity index (χ0v) is 10.4. The molecule has 0 spiro atoms. The van der Waals surface area contributed by atoms with Crippen molar-refractivity contribution in [1.29, 1.82) is 0 Å². The average Bonchev–Trinajstić information content (AvgIpc) is 2.26. The maximum absolute atomic E-state index is 10.1. The standard InChI is InChI=1S/C14H21NO/c1-4-10-7-12(14(2,3)16)8-11-9-15-6-5-13(10)11/h7-8,15-16H,4-6,9H2,1-3H3. The van der Waals surface area contributed by atoms with Crippen LogP contribution in [-0.4, -0.2) is 11.7 Å². The van der Waals surface area contributed by atoms with Crippen molar-refractivity contribution in [2.45, 2.75) is 45.8 Å². The average molecular weight is 219 g/mol. The molecule has 1 aromatic carbocycles. The van der Waals surface area contributed by atoms with Crippen molar-refractivity contribution in [3.05, 3.63) is 34.4 Å². The van der Waals surface area contributed by atoms with E-state index in [0.717, 1.165) is 31.5 Å². The van der Waals surface area contributed by atoms with Crippen molar-refractivity contribution < 1.29 is 5.11 Å². The summed E-state index contributed by atoms with van der Waals surface area (Å²) < 4.78 is 0. The highest BCUT2D eigenvalue weighted by Crippen LogP contribution is 2.27. The first-order valence-electron chi connectivity index (χ1n) is 6.10. The Labute approximate surface area is 97.7 Å². The normalized spacial score (nSPS) is 16.0. The SMILES string of the molecule is CCc1cc(C(C)(C)O)cc2c1CCNC2. The maximum atomic E-state index is 10.1. The van der Waals surface area contributed by atoms with Gasteiger partial charge in [-0.2, -0.15) is 0 Å². The van der Waals surface area contributed by atoms with E-state index in [1.165, 1.54) is 16.7 Å². The van der Waals surface area contributed by atoms with Gasteiger partial charge < -0.3 is 10.4 Å². The van der Waals surface area contributed by atoms with Crippen LogP contribution in [0.5, 0.6) is 0 Å². The molecule has 0 unspecified atom stereocenters. The van der Waals surface area contributed by atoms with Gasteiger partial charge in [0.1, 0.15) is 0 Å². The monoisotopic (exact) mass is 219 g/mol. The summed E-state index contributed by atoms with van der Waals surface area (Å²) in [7, 11) is 0. The fourth-order valence-electron chi connectivity index (χ4n) is 2.38. The highest BCUT2D eigenvalue weighted by molar-refractivity contribution is 5.42. The first kappa shape index (κ1) is 11.6. The van der Waals surface area contributed by atoms with Crippen LogP contribution >= 0.6 is 0 Å². The molecule has 1 aliphatic rings. The Hall–Kier alpha value is -0.860. The molecule has 0 amide bonds. The predicted octanol–water partition coefficient (Wildman–Crippen LogP) is 2.12. The van der Waals surface area contributed by atoms with Crippen LogP contribution in [0, 0.1) is 0 Å². The number of hydrogen-bond acceptors (Lipinski definition) is 2. The quantitative estimate of drug-likeness (QED) is 0.798. The lowest BCUT2D eigenvalue weighted by atomic mass is 9.87. The lowest BCUT2D eigenvalue weighted by Crippen LogP contribution is -2.26. The number of fused-ring (bicyclic) bond motifs is 1. The third-order valence-corrected chi connectivity index (χ3v) is 3.39. The van der Waals surface area contributed by atoms with Crippen molar-refractivity contribution >= 4 is 0 Å². The second-order valence-electron chi connectivity index (χ2n) is 5.11. The molecule has 1 aromatic rings. The lowest BCUT2D eigenvalue weighted by molar-refractivity contribution is 0.0784. The molecule has 0 aromatic heterocycles. The van der Waals surface area contributed by atoms with Gasteiger partial charge in [-0.3, -0.25) is 0 Å². The zero-order valence-electron chi connectivity index (χ0n) is 10.4. The molecule has 2 N–H and O–H groups in total. The second kappa shape index (κ2) is 4.19. The molecule has 0 bridgehead atoms. The summed E-state index contributed by atoms with van der Waals surface area (Å²) in [4.78, 5) is 0. The van der Waals surface area contributed by atoms with E-state index in [4.69, 9.17) is 0 Å². The Kier molecular flexibility index (Phi) is 3.04. The largest absolute Gasteiger partial charge is 0.386 e. The molecule has 88 valence electrons. The summed E-state index contributed by atoms with van der Waals surface area (Å²) in [5.41, 5.74) is 4.55. The Bertz CT molecular complexity index is 373. The molecular formula is C14H21NO. The van der Waals surface area contributed by atoms with E-state index >= 15 is 0 Å². The van der Waals surface area contributed by atoms with Crippen molar-refractivity contribution in [1.82, 2.24) is 5.32 Å². The minimum absolute atomic E-state index is 0.740. The van der Waals surface area contributed by atoms with Gasteiger partial charge in [-0.25, -0.2) is 0 Å². The van der Waals surface area contributed by atoms with Crippen molar-refractivity contribution in [3.8, 4) is 0 Å². The summed E-state index contributed by atoms with van der Waals surface area (Å²) in [6.07, 6.45) is 2.16. The van der Waals surface area contributed by atoms with Gasteiger partial charge in [0, 0.05) is 6.54 Å². The first-order valence-corrected chi connectivity index (χ1v) is 6.10. The Balaban J connectivity index is 2.52. The fourth-order valence-corrected chi connectivity index (χ4v) is 2.38. The summed E-state index contributed by atoms with van der Waals surface area (Å²) in [5, 5.41) is 13.5. The van der Waals surface area contributed by atoms with Gasteiger partial charge in [-0.05, 0) is 55.5 Å². The third kappa shape index (κ3) is 2.13. The van der Waals surface area contributed by atoms with Gasteiger partial charge in [0.15, 0.2) is 0 Å². The Morgan fingerprint density at radius 2 is 2.12 bits per heavy atom. The van der Waals surface area contributed by atoms with Crippen LogP contribution in [0.4, 0.5) is 0 Å². The van der Waals surface area contributed by atoms with E-state index < -0.39 is 5.60 Å². The minimum Gasteiger partial charge on any atom is -0.386 e. The summed E-state index contributed by atoms with van der Waals surface area (Å²) in [6, 6.07) is 4.32. The second-order valence-corrected chi connectivity index (χ2v) is 5.11. The maximum Gasteiger partial charge on any atom is 0.0840 e. The van der Waals surface area contributed by atoms with Crippen LogP contribution in [0.3, 0.4) is 0 Å². The molecule has 0 saturated carbocycles. The van der Waals surface area contributed by atoms with Crippen LogP contribution < -0.4 is 5.32 Å². The van der Waals surface area contributed by atoms with Crippen LogP contribution in [0.2, 0.25) is 0 Å². The van der Waals surface area contributed by atoms with Crippen molar-refractivity contribution in [2.75, 3.05) is 6.54 Å². The van der Waals surface area contributed by atoms with E-state index in [1.807, 2.05) is 13.8 Å². The number of aliphatic hydroxyl groups is 1. The minimum atomic E-state index is -0.740. The Morgan fingerprint density at radius 3 is 2.75 bits per heavy atom. The number of hydrogen-bond donors (Lipinski definition) is 2. The number of rotatable bonds is 2. The van der Waals surface area contributed by atoms with Crippen LogP contribution in [0.25, 0.3) is 0 Å². The van der Waals surface area contributed by atoms with Gasteiger partial charge in [-0.15, -0.1) is 0 Å². The van der Waals surface area contributed by atoms with E-state index in [2.05, 4.69) is 24.4 Å². The van der Waals surface area contributed by atoms with Gasteiger partial charge in [-0.1, -0.05) is 19.1 Å². The van der Waals surface area contributed by atoms with Gasteiger partial charge in [0.05, 0.1) is 5.60 Å². The number of nitrogens with one attached hydrogen (secondary N) is 1. The molecule has 1 heterocycles. The molecule has 2 nitrogen and oxygen atoms in total. The van der Waals surface area contributed by atoms with E-state index in [1.54, 1.807) is 0 Å². The van der Waals surface area contributed by atoms with Crippen LogP contribution in [-0.2, 0) is 25.0 Å². The van der Waals surface area contributed by atoms with Gasteiger partial charge >= 0.3 is 0 Å². The molecule has 1 aliphatic heterocycles. The molecular weight excluding hydrogens is 198 g/mol. The summed E-state index contributed by atoms with van der Waals surface area (Å²) >= 11 is 0. The molecule has 0 radical (unpaired) electrons. The van der Waals surface area contributed by atoms with E-state index in [-0.39, 0.29) is 0 Å². The highest BCUT2D eigenvalue weighted by atomic mass is 16.3. The van der Waals surface area contributed by atoms with Crippen LogP contribution in [0.1, 0.15) is 43.0 Å². The summed E-state index contributed by atoms with van der Waals surface area (Å²) in [5.74, 6) is 0. The molecule has 0 atom stereocenters. The summed E-state index contributed by atoms with van der Waals surface area (Å²) in [6.45, 7) is 7.90. The van der Waals surface area contributed by atoms with Crippen molar-refractivity contribution in [3.63, 3.8) is 0 Å². The molecule has 0 saturated heterocycles. The Morgan fingerprint density at radius 1 is 1.38 bits per heavy atom. The lowest BCUT2D eigenvalue weighted by Gasteiger charge is -2.25. The predicted molar refractivity (Wildman–Crippen MR) is 66.5 cm³/mol. The smallest absolute Gasteiger partial charge is 0.0840 e. The molecule has 2 heteroatoms. The number of aryl methyl sites for hydroxylation is 1. The topological polar surface area (TPSA) is 32.3 Å². The first-order chi connectivity index (χ1) is 7.52. The van der Waals surface area contributed by atoms with E-state index in [0.29, 0.717) is 0 Å².